The quantitative estimate of drug-likeness (QED) is 0.371. The summed E-state index contributed by atoms with van der Waals surface area (Å²) in [7, 11) is 1.68. The number of hydrogen-bond acceptors (Lipinski definition) is 4. The van der Waals surface area contributed by atoms with Crippen LogP contribution in [0.25, 0.3) is 5.69 Å². The molecular weight excluding hydrogens is 426 g/mol. The number of methoxy groups -OCH3 is 1. The summed E-state index contributed by atoms with van der Waals surface area (Å²) in [6.07, 6.45) is 3.66. The van der Waals surface area contributed by atoms with Crippen LogP contribution in [-0.4, -0.2) is 39.4 Å². The summed E-state index contributed by atoms with van der Waals surface area (Å²) >= 11 is 4.90. The first-order chi connectivity index (χ1) is 13.0. The highest BCUT2D eigenvalue weighted by Gasteiger charge is 2.17. The van der Waals surface area contributed by atoms with E-state index in [1.807, 2.05) is 54.9 Å². The van der Waals surface area contributed by atoms with E-state index in [1.54, 1.807) is 13.3 Å². The van der Waals surface area contributed by atoms with Gasteiger partial charge in [-0.25, -0.2) is 4.98 Å². The average molecular weight is 448 g/mol. The molecule has 0 N–H and O–H groups in total. The van der Waals surface area contributed by atoms with E-state index in [9.17, 15) is 4.79 Å². The van der Waals surface area contributed by atoms with Gasteiger partial charge in [0.05, 0.1) is 12.4 Å². The van der Waals surface area contributed by atoms with Gasteiger partial charge in [0.1, 0.15) is 0 Å². The predicted octanol–water partition coefficient (Wildman–Crippen LogP) is 4.67. The van der Waals surface area contributed by atoms with Crippen molar-refractivity contribution in [3.8, 4) is 5.69 Å². The smallest absolute Gasteiger partial charge is 0.175 e. The summed E-state index contributed by atoms with van der Waals surface area (Å²) in [4.78, 5) is 17.2. The number of aromatic nitrogens is 3. The zero-order valence-corrected chi connectivity index (χ0v) is 18.0. The molecule has 0 fully saturated rings. The fourth-order valence-corrected chi connectivity index (χ4v) is 4.13. The van der Waals surface area contributed by atoms with Crippen LogP contribution in [0.2, 0.25) is 0 Å². The number of hydrogen-bond donors (Lipinski definition) is 0. The Morgan fingerprint density at radius 3 is 2.70 bits per heavy atom. The summed E-state index contributed by atoms with van der Waals surface area (Å²) in [6, 6.07) is 9.98. The lowest BCUT2D eigenvalue weighted by atomic mass is 10.2. The highest BCUT2D eigenvalue weighted by atomic mass is 79.9. The van der Waals surface area contributed by atoms with E-state index in [-0.39, 0.29) is 5.78 Å². The Morgan fingerprint density at radius 2 is 2.00 bits per heavy atom. The summed E-state index contributed by atoms with van der Waals surface area (Å²) in [5.41, 5.74) is 3.86. The number of aryl methyl sites for hydroxylation is 1. The number of Topliss-reactive ketones (excluding diaryl/α,β-unsaturated/α-hetero) is 1. The monoisotopic (exact) mass is 447 g/mol. The third-order valence-corrected chi connectivity index (χ3v) is 5.93. The summed E-state index contributed by atoms with van der Waals surface area (Å²) in [6.45, 7) is 5.39. The number of imidazole rings is 1. The van der Waals surface area contributed by atoms with Crippen LogP contribution in [0.4, 0.5) is 0 Å². The second kappa shape index (κ2) is 8.91. The fourth-order valence-electron chi connectivity index (χ4n) is 3.01. The van der Waals surface area contributed by atoms with Gasteiger partial charge in [-0.05, 0) is 44.2 Å². The van der Waals surface area contributed by atoms with Gasteiger partial charge in [0, 0.05) is 53.2 Å². The molecule has 0 saturated carbocycles. The Morgan fingerprint density at radius 1 is 1.26 bits per heavy atom. The lowest BCUT2D eigenvalue weighted by Crippen LogP contribution is -2.10. The molecule has 0 aliphatic carbocycles. The van der Waals surface area contributed by atoms with Crippen LogP contribution in [-0.2, 0) is 11.3 Å². The molecule has 27 heavy (non-hydrogen) atoms. The number of ether oxygens (including phenoxy) is 1. The van der Waals surface area contributed by atoms with Gasteiger partial charge in [0.2, 0.25) is 0 Å². The van der Waals surface area contributed by atoms with Crippen LogP contribution in [0.3, 0.4) is 0 Å². The second-order valence-electron chi connectivity index (χ2n) is 6.20. The normalized spacial score (nSPS) is 11.1. The van der Waals surface area contributed by atoms with E-state index < -0.39 is 0 Å². The lowest BCUT2D eigenvalue weighted by Gasteiger charge is -2.09. The number of nitrogens with zero attached hydrogens (tertiary/aromatic N) is 3. The van der Waals surface area contributed by atoms with Crippen LogP contribution in [0.5, 0.6) is 0 Å². The van der Waals surface area contributed by atoms with Gasteiger partial charge in [-0.1, -0.05) is 27.7 Å². The molecule has 0 bridgehead atoms. The van der Waals surface area contributed by atoms with Crippen molar-refractivity contribution in [2.75, 3.05) is 19.5 Å². The van der Waals surface area contributed by atoms with Crippen molar-refractivity contribution >= 4 is 33.5 Å². The first-order valence-electron chi connectivity index (χ1n) is 8.62. The fraction of sp³-hybridized carbons (Fsp3) is 0.300. The molecule has 142 valence electrons. The van der Waals surface area contributed by atoms with Crippen molar-refractivity contribution in [3.63, 3.8) is 0 Å². The maximum atomic E-state index is 12.8. The molecule has 1 aromatic carbocycles. The molecular formula is C20H22BrN3O2S. The minimum atomic E-state index is 0.113. The maximum absolute atomic E-state index is 12.8. The molecule has 5 nitrogen and oxygen atoms in total. The van der Waals surface area contributed by atoms with E-state index in [4.69, 9.17) is 4.74 Å². The lowest BCUT2D eigenvalue weighted by molar-refractivity contribution is 0.102. The largest absolute Gasteiger partial charge is 0.383 e. The van der Waals surface area contributed by atoms with Gasteiger partial charge < -0.3 is 9.30 Å². The van der Waals surface area contributed by atoms with Crippen molar-refractivity contribution in [3.05, 3.63) is 64.1 Å². The summed E-state index contributed by atoms with van der Waals surface area (Å²) in [5.74, 6) is 0.462. The third-order valence-electron chi connectivity index (χ3n) is 4.44. The maximum Gasteiger partial charge on any atom is 0.175 e. The van der Waals surface area contributed by atoms with Crippen LogP contribution in [0.1, 0.15) is 21.7 Å². The molecule has 0 spiro atoms. The van der Waals surface area contributed by atoms with Gasteiger partial charge in [-0.15, -0.1) is 0 Å². The number of halogens is 1. The molecule has 3 rings (SSSR count). The van der Waals surface area contributed by atoms with Crippen molar-refractivity contribution in [2.45, 2.75) is 25.5 Å². The van der Waals surface area contributed by atoms with Crippen molar-refractivity contribution in [1.82, 2.24) is 14.1 Å². The van der Waals surface area contributed by atoms with Crippen molar-refractivity contribution in [2.24, 2.45) is 0 Å². The SMILES string of the molecule is COCCn1c(C)cc(C(=O)CSc2nccn2-c2ccc(Br)cc2)c1C. The topological polar surface area (TPSA) is 49.1 Å². The minimum absolute atomic E-state index is 0.113. The molecule has 3 aromatic rings. The average Bonchev–Trinajstić information content (AvgIpc) is 3.23. The number of carbonyl (C=O) groups is 1. The van der Waals surface area contributed by atoms with Crippen LogP contribution in [0.15, 0.2) is 52.4 Å². The zero-order chi connectivity index (χ0) is 19.4. The predicted molar refractivity (Wildman–Crippen MR) is 112 cm³/mol. The van der Waals surface area contributed by atoms with Gasteiger partial charge in [-0.2, -0.15) is 0 Å². The van der Waals surface area contributed by atoms with E-state index in [2.05, 4.69) is 25.5 Å². The molecule has 2 aromatic heterocycles. The molecule has 2 heterocycles. The molecule has 0 saturated heterocycles. The highest BCUT2D eigenvalue weighted by Crippen LogP contribution is 2.24. The van der Waals surface area contributed by atoms with Gasteiger partial charge in [0.15, 0.2) is 10.9 Å². The van der Waals surface area contributed by atoms with Gasteiger partial charge >= 0.3 is 0 Å². The standard InChI is InChI=1S/C20H22BrN3O2S/c1-14-12-18(15(2)23(14)10-11-26-3)19(25)13-27-20-22-8-9-24(20)17-6-4-16(21)5-7-17/h4-9,12H,10-11,13H2,1-3H3. The molecule has 0 aliphatic rings. The van der Waals surface area contributed by atoms with E-state index >= 15 is 0 Å². The zero-order valence-electron chi connectivity index (χ0n) is 15.6. The Bertz CT molecular complexity index is 931. The Labute approximate surface area is 171 Å². The molecule has 0 aliphatic heterocycles. The number of benzene rings is 1. The number of carbonyl (C=O) groups excluding carboxylic acids is 1. The number of rotatable bonds is 8. The second-order valence-corrected chi connectivity index (χ2v) is 8.06. The number of ketones is 1. The van der Waals surface area contributed by atoms with Crippen LogP contribution in [0, 0.1) is 13.8 Å². The highest BCUT2D eigenvalue weighted by molar-refractivity contribution is 9.10. The Balaban J connectivity index is 1.72. The third kappa shape index (κ3) is 4.54. The minimum Gasteiger partial charge on any atom is -0.383 e. The number of thioether (sulfide) groups is 1. The Kier molecular flexibility index (Phi) is 6.57. The first kappa shape index (κ1) is 19.9. The van der Waals surface area contributed by atoms with Crippen molar-refractivity contribution < 1.29 is 9.53 Å². The molecule has 0 amide bonds. The molecule has 0 unspecified atom stereocenters. The Hall–Kier alpha value is -1.83. The van der Waals surface area contributed by atoms with E-state index in [0.717, 1.165) is 38.8 Å². The summed E-state index contributed by atoms with van der Waals surface area (Å²) < 4.78 is 10.3. The molecule has 0 atom stereocenters. The van der Waals surface area contributed by atoms with Crippen LogP contribution < -0.4 is 0 Å². The van der Waals surface area contributed by atoms with E-state index in [1.165, 1.54) is 11.8 Å². The van der Waals surface area contributed by atoms with Crippen molar-refractivity contribution in [1.29, 1.82) is 0 Å². The first-order valence-corrected chi connectivity index (χ1v) is 10.4. The van der Waals surface area contributed by atoms with Gasteiger partial charge in [-0.3, -0.25) is 9.36 Å². The summed E-state index contributed by atoms with van der Waals surface area (Å²) in [5, 5.41) is 0.805. The van der Waals surface area contributed by atoms with E-state index in [0.29, 0.717) is 12.4 Å². The van der Waals surface area contributed by atoms with Crippen LogP contribution >= 0.6 is 27.7 Å². The molecule has 0 radical (unpaired) electrons. The van der Waals surface area contributed by atoms with Gasteiger partial charge in [0.25, 0.3) is 0 Å². The molecule has 7 heteroatoms.